The fourth-order valence-corrected chi connectivity index (χ4v) is 5.64. The molecule has 2 fully saturated rings. The van der Waals surface area contributed by atoms with Crippen molar-refractivity contribution in [3.8, 4) is 0 Å². The van der Waals surface area contributed by atoms with Crippen molar-refractivity contribution < 1.29 is 19.1 Å². The Labute approximate surface area is 213 Å². The minimum atomic E-state index is -0.540. The highest BCUT2D eigenvalue weighted by Crippen LogP contribution is 2.29. The molecule has 0 aromatic rings. The van der Waals surface area contributed by atoms with E-state index in [1.807, 2.05) is 19.9 Å². The third-order valence-corrected chi connectivity index (χ3v) is 7.69. The average molecular weight is 492 g/mol. The molecule has 1 N–H and O–H groups in total. The van der Waals surface area contributed by atoms with Crippen LogP contribution in [-0.4, -0.2) is 72.0 Å². The largest absolute Gasteiger partial charge is 0.463 e. The zero-order valence-corrected chi connectivity index (χ0v) is 23.1. The van der Waals surface area contributed by atoms with E-state index in [1.54, 1.807) is 25.8 Å². The first-order valence-corrected chi connectivity index (χ1v) is 13.8. The summed E-state index contributed by atoms with van der Waals surface area (Å²) in [5.74, 6) is -0.200. The van der Waals surface area contributed by atoms with E-state index in [1.165, 1.54) is 6.42 Å². The van der Waals surface area contributed by atoms with Crippen molar-refractivity contribution in [1.82, 2.24) is 15.1 Å². The number of likely N-dealkylation sites (tertiary alicyclic amines) is 1. The van der Waals surface area contributed by atoms with Gasteiger partial charge in [0.2, 0.25) is 11.8 Å². The summed E-state index contributed by atoms with van der Waals surface area (Å²) in [5, 5.41) is 3.23. The van der Waals surface area contributed by atoms with Gasteiger partial charge in [0.05, 0.1) is 18.7 Å². The molecule has 0 aromatic heterocycles. The Kier molecular flexibility index (Phi) is 11.7. The maximum absolute atomic E-state index is 14.0. The minimum absolute atomic E-state index is 0.0185. The van der Waals surface area contributed by atoms with Crippen molar-refractivity contribution in [2.75, 3.05) is 20.2 Å². The lowest BCUT2D eigenvalue weighted by Gasteiger charge is -2.40. The number of piperidine rings is 1. The minimum Gasteiger partial charge on any atom is -0.463 e. The smallest absolute Gasteiger partial charge is 0.333 e. The molecule has 2 aliphatic rings. The van der Waals surface area contributed by atoms with Crippen LogP contribution >= 0.6 is 0 Å². The van der Waals surface area contributed by atoms with Crippen molar-refractivity contribution in [3.05, 3.63) is 11.6 Å². The van der Waals surface area contributed by atoms with Crippen molar-refractivity contribution in [2.45, 2.75) is 117 Å². The molecular weight excluding hydrogens is 442 g/mol. The second-order valence-corrected chi connectivity index (χ2v) is 11.0. The Morgan fingerprint density at radius 2 is 1.66 bits per heavy atom. The molecule has 7 heteroatoms. The lowest BCUT2D eigenvalue weighted by atomic mass is 9.82. The first-order valence-electron chi connectivity index (χ1n) is 13.8. The SMILES string of the molecule is CCOC(=O)/C(C)=C/[C@H](C(C)C)N(C)C(=O)[C@H](NC(=O)[C@H]1CCCCN1C(C)C)C1CCCCC1. The van der Waals surface area contributed by atoms with Gasteiger partial charge in [-0.05, 0) is 71.8 Å². The van der Waals surface area contributed by atoms with Gasteiger partial charge in [-0.25, -0.2) is 4.79 Å². The molecule has 1 saturated heterocycles. The highest BCUT2D eigenvalue weighted by Gasteiger charge is 2.38. The van der Waals surface area contributed by atoms with Crippen molar-refractivity contribution in [1.29, 1.82) is 0 Å². The molecule has 1 heterocycles. The van der Waals surface area contributed by atoms with Crippen LogP contribution in [0.1, 0.15) is 92.9 Å². The van der Waals surface area contributed by atoms with Gasteiger partial charge in [0.1, 0.15) is 6.04 Å². The number of likely N-dealkylation sites (N-methyl/N-ethyl adjacent to an activating group) is 1. The number of carbonyl (C=O) groups excluding carboxylic acids is 3. The second kappa shape index (κ2) is 14.0. The molecule has 1 aliphatic heterocycles. The van der Waals surface area contributed by atoms with Gasteiger partial charge in [0, 0.05) is 18.7 Å². The Hall–Kier alpha value is -1.89. The summed E-state index contributed by atoms with van der Waals surface area (Å²) in [5.41, 5.74) is 0.498. The van der Waals surface area contributed by atoms with Gasteiger partial charge in [-0.3, -0.25) is 14.5 Å². The summed E-state index contributed by atoms with van der Waals surface area (Å²) < 4.78 is 5.14. The van der Waals surface area contributed by atoms with E-state index in [4.69, 9.17) is 4.74 Å². The number of carbonyl (C=O) groups is 3. The van der Waals surface area contributed by atoms with Gasteiger partial charge >= 0.3 is 5.97 Å². The summed E-state index contributed by atoms with van der Waals surface area (Å²) in [6, 6.07) is -0.698. The van der Waals surface area contributed by atoms with E-state index in [0.717, 1.165) is 51.5 Å². The van der Waals surface area contributed by atoms with E-state index >= 15 is 0 Å². The topological polar surface area (TPSA) is 79.0 Å². The summed E-state index contributed by atoms with van der Waals surface area (Å²) in [4.78, 5) is 43.7. The number of amides is 2. The first kappa shape index (κ1) is 29.3. The van der Waals surface area contributed by atoms with Crippen LogP contribution in [0.5, 0.6) is 0 Å². The van der Waals surface area contributed by atoms with E-state index in [-0.39, 0.29) is 41.7 Å². The molecule has 7 nitrogen and oxygen atoms in total. The van der Waals surface area contributed by atoms with Crippen LogP contribution in [0.3, 0.4) is 0 Å². The molecule has 1 saturated carbocycles. The zero-order chi connectivity index (χ0) is 26.1. The second-order valence-electron chi connectivity index (χ2n) is 11.0. The number of ether oxygens (including phenoxy) is 1. The molecule has 0 unspecified atom stereocenters. The van der Waals surface area contributed by atoms with E-state index in [2.05, 4.69) is 24.1 Å². The van der Waals surface area contributed by atoms with E-state index < -0.39 is 6.04 Å². The third-order valence-electron chi connectivity index (χ3n) is 7.69. The molecule has 2 amide bonds. The Bertz CT molecular complexity index is 742. The number of nitrogens with one attached hydrogen (secondary N) is 1. The molecule has 35 heavy (non-hydrogen) atoms. The zero-order valence-electron chi connectivity index (χ0n) is 23.1. The number of rotatable bonds is 10. The normalized spacial score (nSPS) is 22.1. The molecule has 0 bridgehead atoms. The molecule has 0 spiro atoms. The number of hydrogen-bond acceptors (Lipinski definition) is 5. The first-order chi connectivity index (χ1) is 16.6. The molecule has 1 aliphatic carbocycles. The summed E-state index contributed by atoms with van der Waals surface area (Å²) >= 11 is 0. The van der Waals surface area contributed by atoms with Crippen LogP contribution in [0, 0.1) is 11.8 Å². The quantitative estimate of drug-likeness (QED) is 0.364. The highest BCUT2D eigenvalue weighted by atomic mass is 16.5. The molecule has 2 rings (SSSR count). The monoisotopic (exact) mass is 491 g/mol. The Balaban J connectivity index is 2.28. The standard InChI is InChI=1S/C28H49N3O4/c1-8-35-28(34)21(6)18-24(19(2)3)30(7)27(33)25(22-14-10-9-11-15-22)29-26(32)23-16-12-13-17-31(23)20(4)5/h18-20,22-25H,8-17H2,1-7H3,(H,29,32)/b21-18+/t23-,24-,25-/m1/s1. The summed E-state index contributed by atoms with van der Waals surface area (Å²) in [7, 11) is 1.80. The fraction of sp³-hybridized carbons (Fsp3) is 0.821. The number of hydrogen-bond donors (Lipinski definition) is 1. The van der Waals surface area contributed by atoms with E-state index in [9.17, 15) is 14.4 Å². The number of esters is 1. The van der Waals surface area contributed by atoms with Crippen LogP contribution in [0.4, 0.5) is 0 Å². The lowest BCUT2D eigenvalue weighted by Crippen LogP contribution is -2.59. The van der Waals surface area contributed by atoms with Gasteiger partial charge in [-0.1, -0.05) is 45.6 Å². The van der Waals surface area contributed by atoms with Gasteiger partial charge in [0.15, 0.2) is 0 Å². The Morgan fingerprint density at radius 3 is 2.23 bits per heavy atom. The molecule has 3 atom stereocenters. The van der Waals surface area contributed by atoms with Crippen molar-refractivity contribution in [3.63, 3.8) is 0 Å². The predicted octanol–water partition coefficient (Wildman–Crippen LogP) is 4.31. The molecule has 200 valence electrons. The Morgan fingerprint density at radius 1 is 1.03 bits per heavy atom. The summed E-state index contributed by atoms with van der Waals surface area (Å²) in [6.45, 7) is 13.1. The van der Waals surface area contributed by atoms with Gasteiger partial charge < -0.3 is 15.0 Å². The third kappa shape index (κ3) is 8.06. The average Bonchev–Trinajstić information content (AvgIpc) is 2.85. The van der Waals surface area contributed by atoms with Crippen LogP contribution in [0.2, 0.25) is 0 Å². The van der Waals surface area contributed by atoms with Gasteiger partial charge in [0.25, 0.3) is 0 Å². The van der Waals surface area contributed by atoms with Crippen molar-refractivity contribution >= 4 is 17.8 Å². The molecule has 0 aromatic carbocycles. The van der Waals surface area contributed by atoms with Crippen LogP contribution in [0.15, 0.2) is 11.6 Å². The lowest BCUT2D eigenvalue weighted by molar-refractivity contribution is -0.141. The molecule has 0 radical (unpaired) electrons. The predicted molar refractivity (Wildman–Crippen MR) is 140 cm³/mol. The van der Waals surface area contributed by atoms with Gasteiger partial charge in [-0.15, -0.1) is 0 Å². The van der Waals surface area contributed by atoms with Crippen LogP contribution in [-0.2, 0) is 19.1 Å². The van der Waals surface area contributed by atoms with Gasteiger partial charge in [-0.2, -0.15) is 0 Å². The van der Waals surface area contributed by atoms with Crippen LogP contribution < -0.4 is 5.32 Å². The summed E-state index contributed by atoms with van der Waals surface area (Å²) in [6.07, 6.45) is 10.1. The van der Waals surface area contributed by atoms with E-state index in [0.29, 0.717) is 18.2 Å². The van der Waals surface area contributed by atoms with Crippen molar-refractivity contribution in [2.24, 2.45) is 11.8 Å². The maximum Gasteiger partial charge on any atom is 0.333 e. The maximum atomic E-state index is 14.0. The number of nitrogens with zero attached hydrogens (tertiary/aromatic N) is 2. The van der Waals surface area contributed by atoms with Crippen LogP contribution in [0.25, 0.3) is 0 Å². The fourth-order valence-electron chi connectivity index (χ4n) is 5.64. The highest BCUT2D eigenvalue weighted by molar-refractivity contribution is 5.91. The molecular formula is C28H49N3O4.